The van der Waals surface area contributed by atoms with Crippen LogP contribution in [0.5, 0.6) is 0 Å². The second-order valence-electron chi connectivity index (χ2n) is 6.93. The number of amides is 2. The lowest BCUT2D eigenvalue weighted by Crippen LogP contribution is -2.33. The van der Waals surface area contributed by atoms with Gasteiger partial charge in [0.1, 0.15) is 11.9 Å². The van der Waals surface area contributed by atoms with E-state index in [4.69, 9.17) is 4.74 Å². The van der Waals surface area contributed by atoms with E-state index in [9.17, 15) is 14.0 Å². The first kappa shape index (κ1) is 18.2. The molecule has 1 aromatic carbocycles. The normalized spacial score (nSPS) is 21.9. The summed E-state index contributed by atoms with van der Waals surface area (Å²) in [5.41, 5.74) is 0.918. The van der Waals surface area contributed by atoms with Crippen molar-refractivity contribution < 1.29 is 18.7 Å². The second kappa shape index (κ2) is 7.45. The molecule has 1 aromatic heterocycles. The SMILES string of the molecule is CC(=O)NCC1CN(c2ccc(N3CCC(n4nccn4)C3)c(F)c2)C(=O)O1. The number of carbonyl (C=O) groups is 2. The highest BCUT2D eigenvalue weighted by Gasteiger charge is 2.33. The molecule has 0 saturated carbocycles. The summed E-state index contributed by atoms with van der Waals surface area (Å²) in [5.74, 6) is -0.594. The van der Waals surface area contributed by atoms with E-state index in [1.807, 2.05) is 4.90 Å². The molecule has 148 valence electrons. The Balaban J connectivity index is 1.43. The Labute approximate surface area is 161 Å². The highest BCUT2D eigenvalue weighted by atomic mass is 19.1. The van der Waals surface area contributed by atoms with Crippen LogP contribution in [0.4, 0.5) is 20.6 Å². The lowest BCUT2D eigenvalue weighted by Gasteiger charge is -2.21. The van der Waals surface area contributed by atoms with Crippen molar-refractivity contribution in [2.75, 3.05) is 36.0 Å². The van der Waals surface area contributed by atoms with Gasteiger partial charge in [-0.2, -0.15) is 15.0 Å². The number of cyclic esters (lactones) is 1. The number of halogens is 1. The molecule has 2 fully saturated rings. The largest absolute Gasteiger partial charge is 0.442 e. The zero-order valence-corrected chi connectivity index (χ0v) is 15.4. The standard InChI is InChI=1S/C18H21FN6O3/c1-12(26)20-9-15-11-24(18(27)28-15)13-2-3-17(16(19)8-13)23-7-4-14(10-23)25-21-5-6-22-25/h2-3,5-6,8,14-15H,4,7,9-11H2,1H3,(H,20,26). The Morgan fingerprint density at radius 1 is 1.32 bits per heavy atom. The number of hydrogen-bond donors (Lipinski definition) is 1. The maximum atomic E-state index is 14.8. The number of rotatable bonds is 5. The Morgan fingerprint density at radius 2 is 2.11 bits per heavy atom. The number of aromatic nitrogens is 3. The molecular weight excluding hydrogens is 367 g/mol. The lowest BCUT2D eigenvalue weighted by atomic mass is 10.2. The summed E-state index contributed by atoms with van der Waals surface area (Å²) in [7, 11) is 0. The molecule has 4 rings (SSSR count). The van der Waals surface area contributed by atoms with Gasteiger partial charge in [0.25, 0.3) is 0 Å². The van der Waals surface area contributed by atoms with Crippen LogP contribution in [0, 0.1) is 5.82 Å². The van der Waals surface area contributed by atoms with Crippen LogP contribution in [0.25, 0.3) is 0 Å². The predicted octanol–water partition coefficient (Wildman–Crippen LogP) is 1.33. The molecule has 2 amide bonds. The minimum absolute atomic E-state index is 0.108. The fourth-order valence-electron chi connectivity index (χ4n) is 3.58. The van der Waals surface area contributed by atoms with E-state index in [1.165, 1.54) is 17.9 Å². The van der Waals surface area contributed by atoms with Gasteiger partial charge in [0, 0.05) is 20.0 Å². The Hall–Kier alpha value is -3.17. The quantitative estimate of drug-likeness (QED) is 0.831. The van der Waals surface area contributed by atoms with Crippen LogP contribution in [0.2, 0.25) is 0 Å². The zero-order chi connectivity index (χ0) is 19.7. The number of nitrogens with one attached hydrogen (secondary N) is 1. The Kier molecular flexibility index (Phi) is 4.84. The Morgan fingerprint density at radius 3 is 2.82 bits per heavy atom. The molecule has 0 radical (unpaired) electrons. The molecule has 10 heteroatoms. The molecule has 1 N–H and O–H groups in total. The Bertz CT molecular complexity index is 874. The van der Waals surface area contributed by atoms with E-state index in [-0.39, 0.29) is 25.0 Å². The molecule has 0 bridgehead atoms. The van der Waals surface area contributed by atoms with Gasteiger partial charge in [-0.25, -0.2) is 9.18 Å². The van der Waals surface area contributed by atoms with Gasteiger partial charge >= 0.3 is 6.09 Å². The predicted molar refractivity (Wildman–Crippen MR) is 98.6 cm³/mol. The van der Waals surface area contributed by atoms with Gasteiger partial charge in [-0.05, 0) is 24.6 Å². The number of carbonyl (C=O) groups excluding carboxylic acids is 2. The van der Waals surface area contributed by atoms with Gasteiger partial charge in [0.05, 0.1) is 42.9 Å². The van der Waals surface area contributed by atoms with E-state index in [0.29, 0.717) is 24.5 Å². The molecule has 9 nitrogen and oxygen atoms in total. The highest BCUT2D eigenvalue weighted by Crippen LogP contribution is 2.31. The van der Waals surface area contributed by atoms with E-state index in [0.717, 1.165) is 6.42 Å². The first-order valence-corrected chi connectivity index (χ1v) is 9.14. The average molecular weight is 388 g/mol. The first-order chi connectivity index (χ1) is 13.5. The minimum atomic E-state index is -0.548. The van der Waals surface area contributed by atoms with Gasteiger partial charge in [0.2, 0.25) is 5.91 Å². The molecule has 2 unspecified atom stereocenters. The fraction of sp³-hybridized carbons (Fsp3) is 0.444. The van der Waals surface area contributed by atoms with Crippen molar-refractivity contribution in [3.63, 3.8) is 0 Å². The molecule has 2 saturated heterocycles. The maximum absolute atomic E-state index is 14.8. The molecule has 2 aliphatic rings. The molecule has 28 heavy (non-hydrogen) atoms. The zero-order valence-electron chi connectivity index (χ0n) is 15.4. The summed E-state index contributed by atoms with van der Waals surface area (Å²) in [6.45, 7) is 3.21. The molecule has 3 heterocycles. The third kappa shape index (κ3) is 3.62. The fourth-order valence-corrected chi connectivity index (χ4v) is 3.58. The van der Waals surface area contributed by atoms with Crippen LogP contribution in [0.1, 0.15) is 19.4 Å². The van der Waals surface area contributed by atoms with Crippen molar-refractivity contribution in [2.45, 2.75) is 25.5 Å². The molecular formula is C18H21FN6O3. The summed E-state index contributed by atoms with van der Waals surface area (Å²) in [5, 5.41) is 10.9. The van der Waals surface area contributed by atoms with Crippen molar-refractivity contribution in [1.82, 2.24) is 20.3 Å². The maximum Gasteiger partial charge on any atom is 0.414 e. The summed E-state index contributed by atoms with van der Waals surface area (Å²) >= 11 is 0. The first-order valence-electron chi connectivity index (χ1n) is 9.14. The van der Waals surface area contributed by atoms with Crippen molar-refractivity contribution >= 4 is 23.4 Å². The lowest BCUT2D eigenvalue weighted by molar-refractivity contribution is -0.119. The number of hydrogen-bond acceptors (Lipinski definition) is 6. The molecule has 2 aliphatic heterocycles. The van der Waals surface area contributed by atoms with E-state index < -0.39 is 18.0 Å². The average Bonchev–Trinajstić information content (AvgIpc) is 3.40. The smallest absolute Gasteiger partial charge is 0.414 e. The van der Waals surface area contributed by atoms with Gasteiger partial charge in [-0.1, -0.05) is 0 Å². The number of nitrogens with zero attached hydrogens (tertiary/aromatic N) is 5. The second-order valence-corrected chi connectivity index (χ2v) is 6.93. The van der Waals surface area contributed by atoms with Gasteiger partial charge in [-0.15, -0.1) is 0 Å². The van der Waals surface area contributed by atoms with Crippen LogP contribution in [-0.4, -0.2) is 59.3 Å². The van der Waals surface area contributed by atoms with Crippen molar-refractivity contribution in [1.29, 1.82) is 0 Å². The van der Waals surface area contributed by atoms with Crippen LogP contribution >= 0.6 is 0 Å². The van der Waals surface area contributed by atoms with Gasteiger partial charge in [-0.3, -0.25) is 9.69 Å². The molecule has 0 spiro atoms. The number of anilines is 2. The van der Waals surface area contributed by atoms with Crippen molar-refractivity contribution in [2.24, 2.45) is 0 Å². The third-order valence-electron chi connectivity index (χ3n) is 4.96. The molecule has 0 aliphatic carbocycles. The van der Waals surface area contributed by atoms with Crippen molar-refractivity contribution in [3.8, 4) is 0 Å². The number of ether oxygens (including phenoxy) is 1. The van der Waals surface area contributed by atoms with E-state index >= 15 is 0 Å². The summed E-state index contributed by atoms with van der Waals surface area (Å²) < 4.78 is 20.0. The van der Waals surface area contributed by atoms with Gasteiger partial charge in [0.15, 0.2) is 0 Å². The summed E-state index contributed by atoms with van der Waals surface area (Å²) in [6.07, 6.45) is 3.09. The van der Waals surface area contributed by atoms with Gasteiger partial charge < -0.3 is 15.0 Å². The highest BCUT2D eigenvalue weighted by molar-refractivity contribution is 5.90. The van der Waals surface area contributed by atoms with Crippen LogP contribution < -0.4 is 15.1 Å². The van der Waals surface area contributed by atoms with E-state index in [1.54, 1.807) is 29.3 Å². The van der Waals surface area contributed by atoms with Crippen LogP contribution in [0.3, 0.4) is 0 Å². The van der Waals surface area contributed by atoms with Crippen LogP contribution in [-0.2, 0) is 9.53 Å². The molecule has 2 aromatic rings. The monoisotopic (exact) mass is 388 g/mol. The summed E-state index contributed by atoms with van der Waals surface area (Å²) in [4.78, 5) is 28.1. The number of benzene rings is 1. The van der Waals surface area contributed by atoms with Crippen LogP contribution in [0.15, 0.2) is 30.6 Å². The molecule has 2 atom stereocenters. The third-order valence-corrected chi connectivity index (χ3v) is 4.96. The van der Waals surface area contributed by atoms with Crippen molar-refractivity contribution in [3.05, 3.63) is 36.4 Å². The van der Waals surface area contributed by atoms with E-state index in [2.05, 4.69) is 15.5 Å². The topological polar surface area (TPSA) is 92.6 Å². The summed E-state index contributed by atoms with van der Waals surface area (Å²) in [6, 6.07) is 4.84. The minimum Gasteiger partial charge on any atom is -0.442 e.